The molecule has 0 radical (unpaired) electrons. The van der Waals surface area contributed by atoms with Gasteiger partial charge in [0.05, 0.1) is 6.54 Å². The van der Waals surface area contributed by atoms with Gasteiger partial charge in [0.2, 0.25) is 5.91 Å². The van der Waals surface area contributed by atoms with Crippen LogP contribution in [0, 0.1) is 5.92 Å². The van der Waals surface area contributed by atoms with Crippen LogP contribution in [-0.4, -0.2) is 31.0 Å². The van der Waals surface area contributed by atoms with E-state index in [2.05, 4.69) is 0 Å². The summed E-state index contributed by atoms with van der Waals surface area (Å²) in [5, 5.41) is 0. The van der Waals surface area contributed by atoms with Gasteiger partial charge in [-0.3, -0.25) is 4.79 Å². The van der Waals surface area contributed by atoms with E-state index >= 15 is 0 Å². The molecule has 2 rings (SSSR count). The molecule has 1 aromatic carbocycles. The van der Waals surface area contributed by atoms with Crippen LogP contribution in [0.4, 0.5) is 0 Å². The minimum Gasteiger partial charge on any atom is -0.492 e. The number of benzene rings is 1. The lowest BCUT2D eigenvalue weighted by Gasteiger charge is -2.29. The van der Waals surface area contributed by atoms with E-state index in [4.69, 9.17) is 4.74 Å². The summed E-state index contributed by atoms with van der Waals surface area (Å²) in [6.07, 6.45) is 3.32. The van der Waals surface area contributed by atoms with Gasteiger partial charge >= 0.3 is 0 Å². The first-order chi connectivity index (χ1) is 8.27. The summed E-state index contributed by atoms with van der Waals surface area (Å²) in [6.45, 7) is 1.21. The van der Waals surface area contributed by atoms with E-state index in [1.165, 1.54) is 6.42 Å². The molecule has 1 fully saturated rings. The van der Waals surface area contributed by atoms with Crippen molar-refractivity contribution in [2.75, 3.05) is 20.2 Å². The highest BCUT2D eigenvalue weighted by Gasteiger charge is 2.27. The van der Waals surface area contributed by atoms with Gasteiger partial charge in [-0.25, -0.2) is 0 Å². The van der Waals surface area contributed by atoms with Gasteiger partial charge in [-0.15, -0.1) is 0 Å². The number of amides is 1. The van der Waals surface area contributed by atoms with Gasteiger partial charge < -0.3 is 9.64 Å². The van der Waals surface area contributed by atoms with Gasteiger partial charge in [-0.05, 0) is 25.0 Å². The summed E-state index contributed by atoms with van der Waals surface area (Å²) in [5.41, 5.74) is 0. The molecular weight excluding hydrogens is 214 g/mol. The molecule has 0 atom stereocenters. The zero-order chi connectivity index (χ0) is 12.1. The van der Waals surface area contributed by atoms with Gasteiger partial charge in [0.25, 0.3) is 0 Å². The molecule has 0 N–H and O–H groups in total. The molecule has 17 heavy (non-hydrogen) atoms. The molecule has 0 unspecified atom stereocenters. The predicted molar refractivity (Wildman–Crippen MR) is 66.9 cm³/mol. The monoisotopic (exact) mass is 233 g/mol. The largest absolute Gasteiger partial charge is 0.492 e. The van der Waals surface area contributed by atoms with Crippen LogP contribution in [0.5, 0.6) is 5.75 Å². The highest BCUT2D eigenvalue weighted by atomic mass is 16.5. The summed E-state index contributed by atoms with van der Waals surface area (Å²) < 4.78 is 5.56. The molecule has 3 nitrogen and oxygen atoms in total. The summed E-state index contributed by atoms with van der Waals surface area (Å²) in [7, 11) is 1.86. The number of hydrogen-bond donors (Lipinski definition) is 0. The van der Waals surface area contributed by atoms with E-state index in [0.29, 0.717) is 13.2 Å². The van der Waals surface area contributed by atoms with Crippen molar-refractivity contribution < 1.29 is 9.53 Å². The average molecular weight is 233 g/mol. The van der Waals surface area contributed by atoms with Crippen molar-refractivity contribution in [3.8, 4) is 5.75 Å². The molecule has 0 heterocycles. The van der Waals surface area contributed by atoms with E-state index in [-0.39, 0.29) is 11.8 Å². The Labute approximate surface area is 102 Å². The van der Waals surface area contributed by atoms with E-state index in [0.717, 1.165) is 18.6 Å². The molecule has 0 spiro atoms. The van der Waals surface area contributed by atoms with Crippen LogP contribution in [0.2, 0.25) is 0 Å². The summed E-state index contributed by atoms with van der Waals surface area (Å²) in [6, 6.07) is 9.69. The van der Waals surface area contributed by atoms with Gasteiger partial charge in [0, 0.05) is 13.0 Å². The summed E-state index contributed by atoms with van der Waals surface area (Å²) in [5.74, 6) is 1.40. The highest BCUT2D eigenvalue weighted by molar-refractivity contribution is 5.79. The molecule has 92 valence electrons. The molecule has 3 heteroatoms. The molecule has 1 amide bonds. The number of ether oxygens (including phenoxy) is 1. The zero-order valence-corrected chi connectivity index (χ0v) is 10.3. The number of para-hydroxylation sites is 1. The van der Waals surface area contributed by atoms with Crippen molar-refractivity contribution in [2.24, 2.45) is 5.92 Å². The maximum Gasteiger partial charge on any atom is 0.225 e. The molecule has 1 aliphatic carbocycles. The predicted octanol–water partition coefficient (Wildman–Crippen LogP) is 2.32. The Morgan fingerprint density at radius 3 is 2.65 bits per heavy atom. The number of nitrogens with zero attached hydrogens (tertiary/aromatic N) is 1. The lowest BCUT2D eigenvalue weighted by atomic mass is 9.84. The molecule has 1 aromatic rings. The Morgan fingerprint density at radius 1 is 1.35 bits per heavy atom. The van der Waals surface area contributed by atoms with Crippen LogP contribution in [0.15, 0.2) is 30.3 Å². The van der Waals surface area contributed by atoms with Gasteiger partial charge in [0.1, 0.15) is 12.4 Å². The van der Waals surface area contributed by atoms with Crippen LogP contribution in [0.1, 0.15) is 19.3 Å². The fraction of sp³-hybridized carbons (Fsp3) is 0.500. The Hall–Kier alpha value is -1.51. The molecule has 1 saturated carbocycles. The zero-order valence-electron chi connectivity index (χ0n) is 10.3. The first-order valence-electron chi connectivity index (χ1n) is 6.20. The smallest absolute Gasteiger partial charge is 0.225 e. The third kappa shape index (κ3) is 3.22. The van der Waals surface area contributed by atoms with Crippen LogP contribution in [-0.2, 0) is 4.79 Å². The van der Waals surface area contributed by atoms with E-state index < -0.39 is 0 Å². The fourth-order valence-electron chi connectivity index (χ4n) is 1.89. The highest BCUT2D eigenvalue weighted by Crippen LogP contribution is 2.27. The number of likely N-dealkylation sites (N-methyl/N-ethyl adjacent to an activating group) is 1. The lowest BCUT2D eigenvalue weighted by Crippen LogP contribution is -2.38. The molecule has 0 aromatic heterocycles. The third-order valence-electron chi connectivity index (χ3n) is 3.27. The first kappa shape index (κ1) is 12.0. The Kier molecular flexibility index (Phi) is 4.02. The Morgan fingerprint density at radius 2 is 2.06 bits per heavy atom. The standard InChI is InChI=1S/C14H19NO2/c1-15(14(16)12-6-5-7-12)10-11-17-13-8-3-2-4-9-13/h2-4,8-9,12H,5-7,10-11H2,1H3. The van der Waals surface area contributed by atoms with Crippen LogP contribution in [0.25, 0.3) is 0 Å². The number of hydrogen-bond acceptors (Lipinski definition) is 2. The SMILES string of the molecule is CN(CCOc1ccccc1)C(=O)C1CCC1. The second-order valence-electron chi connectivity index (χ2n) is 4.55. The van der Waals surface area contributed by atoms with Crippen LogP contribution in [0.3, 0.4) is 0 Å². The van der Waals surface area contributed by atoms with Crippen molar-refractivity contribution >= 4 is 5.91 Å². The normalized spacial score (nSPS) is 15.1. The van der Waals surface area contributed by atoms with Crippen LogP contribution >= 0.6 is 0 Å². The first-order valence-corrected chi connectivity index (χ1v) is 6.20. The van der Waals surface area contributed by atoms with Gasteiger partial charge in [-0.2, -0.15) is 0 Å². The second kappa shape index (κ2) is 5.71. The summed E-state index contributed by atoms with van der Waals surface area (Å²) >= 11 is 0. The Balaban J connectivity index is 1.69. The van der Waals surface area contributed by atoms with Crippen molar-refractivity contribution in [3.05, 3.63) is 30.3 Å². The van der Waals surface area contributed by atoms with Crippen molar-refractivity contribution in [3.63, 3.8) is 0 Å². The van der Waals surface area contributed by atoms with Crippen LogP contribution < -0.4 is 4.74 Å². The number of carbonyl (C=O) groups is 1. The van der Waals surface area contributed by atoms with Crippen molar-refractivity contribution in [1.29, 1.82) is 0 Å². The molecule has 0 aliphatic heterocycles. The Bertz CT molecular complexity index is 360. The second-order valence-corrected chi connectivity index (χ2v) is 4.55. The third-order valence-corrected chi connectivity index (χ3v) is 3.27. The van der Waals surface area contributed by atoms with E-state index in [9.17, 15) is 4.79 Å². The van der Waals surface area contributed by atoms with Gasteiger partial charge in [0.15, 0.2) is 0 Å². The van der Waals surface area contributed by atoms with Crippen molar-refractivity contribution in [2.45, 2.75) is 19.3 Å². The fourth-order valence-corrected chi connectivity index (χ4v) is 1.89. The maximum absolute atomic E-state index is 11.8. The van der Waals surface area contributed by atoms with Gasteiger partial charge in [-0.1, -0.05) is 24.6 Å². The minimum absolute atomic E-state index is 0.271. The summed E-state index contributed by atoms with van der Waals surface area (Å²) in [4.78, 5) is 13.6. The molecule has 0 saturated heterocycles. The molecular formula is C14H19NO2. The average Bonchev–Trinajstić information content (AvgIpc) is 2.28. The lowest BCUT2D eigenvalue weighted by molar-refractivity contribution is -0.137. The minimum atomic E-state index is 0.271. The number of rotatable bonds is 5. The number of carbonyl (C=O) groups excluding carboxylic acids is 1. The van der Waals surface area contributed by atoms with E-state index in [1.807, 2.05) is 37.4 Å². The molecule has 0 bridgehead atoms. The van der Waals surface area contributed by atoms with E-state index in [1.54, 1.807) is 4.90 Å². The maximum atomic E-state index is 11.8. The van der Waals surface area contributed by atoms with Crippen molar-refractivity contribution in [1.82, 2.24) is 4.90 Å². The molecule has 1 aliphatic rings. The topological polar surface area (TPSA) is 29.5 Å². The quantitative estimate of drug-likeness (QED) is 0.781.